The molecule has 0 radical (unpaired) electrons. The highest BCUT2D eigenvalue weighted by molar-refractivity contribution is 5.76. The number of nitrogens with one attached hydrogen (secondary N) is 1. The van der Waals surface area contributed by atoms with Gasteiger partial charge in [-0.3, -0.25) is 14.0 Å². The summed E-state index contributed by atoms with van der Waals surface area (Å²) in [5.41, 5.74) is 3.47. The van der Waals surface area contributed by atoms with Crippen LogP contribution in [0.4, 0.5) is 0 Å². The van der Waals surface area contributed by atoms with E-state index < -0.39 is 6.10 Å². The van der Waals surface area contributed by atoms with Crippen LogP contribution in [0.25, 0.3) is 11.0 Å². The van der Waals surface area contributed by atoms with Crippen molar-refractivity contribution in [3.8, 4) is 5.75 Å². The molecule has 1 unspecified atom stereocenters. The van der Waals surface area contributed by atoms with Crippen molar-refractivity contribution in [1.29, 1.82) is 0 Å². The van der Waals surface area contributed by atoms with Crippen LogP contribution in [0.3, 0.4) is 0 Å². The van der Waals surface area contributed by atoms with E-state index in [1.54, 1.807) is 23.2 Å². The average Bonchev–Trinajstić information content (AvgIpc) is 3.07. The Labute approximate surface area is 194 Å². The zero-order valence-electron chi connectivity index (χ0n) is 19.5. The first kappa shape index (κ1) is 23.5. The number of rotatable bonds is 10. The van der Waals surface area contributed by atoms with Crippen molar-refractivity contribution in [1.82, 2.24) is 19.4 Å². The van der Waals surface area contributed by atoms with E-state index >= 15 is 0 Å². The third-order valence-electron chi connectivity index (χ3n) is 6.27. The lowest BCUT2D eigenvalue weighted by Gasteiger charge is -2.26. The van der Waals surface area contributed by atoms with E-state index in [1.807, 2.05) is 42.5 Å². The summed E-state index contributed by atoms with van der Waals surface area (Å²) < 4.78 is 14.4. The fourth-order valence-electron chi connectivity index (χ4n) is 4.19. The first-order valence-electron chi connectivity index (χ1n) is 11.6. The van der Waals surface area contributed by atoms with Gasteiger partial charge in [-0.2, -0.15) is 0 Å². The van der Waals surface area contributed by atoms with Gasteiger partial charge in [0.15, 0.2) is 0 Å². The first-order valence-corrected chi connectivity index (χ1v) is 11.6. The molecule has 178 valence electrons. The number of ether oxygens (including phenoxy) is 2. The van der Waals surface area contributed by atoms with E-state index in [4.69, 9.17) is 9.47 Å². The van der Waals surface area contributed by atoms with Crippen LogP contribution < -0.4 is 15.7 Å². The Kier molecular flexibility index (Phi) is 7.82. The van der Waals surface area contributed by atoms with Crippen molar-refractivity contribution < 1.29 is 14.6 Å². The molecule has 1 aliphatic rings. The van der Waals surface area contributed by atoms with Crippen molar-refractivity contribution in [2.24, 2.45) is 14.1 Å². The lowest BCUT2D eigenvalue weighted by Crippen LogP contribution is -2.37. The number of morpholine rings is 1. The van der Waals surface area contributed by atoms with E-state index in [-0.39, 0.29) is 12.3 Å². The zero-order valence-corrected chi connectivity index (χ0v) is 19.5. The summed E-state index contributed by atoms with van der Waals surface area (Å²) in [5, 5.41) is 14.1. The quantitative estimate of drug-likeness (QED) is 0.455. The standard InChI is InChI=1S/C25H34N4O4/c1-27-22-9-6-20(16-23(22)28(2)25(27)31)24(30)18-33-21-7-4-19(5-8-21)17-26-10-3-11-29-12-14-32-15-13-29/h4-9,16,24,26,30H,3,10-15,17-18H2,1-2H3. The van der Waals surface area contributed by atoms with E-state index in [1.165, 1.54) is 5.56 Å². The molecule has 1 saturated heterocycles. The van der Waals surface area contributed by atoms with Crippen LogP contribution in [0.2, 0.25) is 0 Å². The fourth-order valence-corrected chi connectivity index (χ4v) is 4.19. The Balaban J connectivity index is 1.21. The molecule has 1 aromatic heterocycles. The van der Waals surface area contributed by atoms with E-state index in [0.29, 0.717) is 0 Å². The maximum absolute atomic E-state index is 12.1. The minimum absolute atomic E-state index is 0.0837. The number of fused-ring (bicyclic) bond motifs is 1. The highest BCUT2D eigenvalue weighted by Gasteiger charge is 2.13. The SMILES string of the molecule is Cn1c(=O)n(C)c2cc(C(O)COc3ccc(CNCCCN4CCOCC4)cc3)ccc21. The molecule has 2 heterocycles. The number of nitrogens with zero attached hydrogens (tertiary/aromatic N) is 3. The number of aliphatic hydroxyl groups excluding tert-OH is 1. The number of hydrogen-bond donors (Lipinski definition) is 2. The van der Waals surface area contributed by atoms with Crippen LogP contribution in [-0.4, -0.2) is 65.1 Å². The van der Waals surface area contributed by atoms with Crippen molar-refractivity contribution in [2.75, 3.05) is 46.0 Å². The predicted molar refractivity (Wildman–Crippen MR) is 129 cm³/mol. The van der Waals surface area contributed by atoms with Crippen molar-refractivity contribution in [3.63, 3.8) is 0 Å². The van der Waals surface area contributed by atoms with Crippen LogP contribution in [-0.2, 0) is 25.4 Å². The number of imidazole rings is 1. The summed E-state index contributed by atoms with van der Waals surface area (Å²) in [6.07, 6.45) is 0.347. The summed E-state index contributed by atoms with van der Waals surface area (Å²) in [7, 11) is 3.48. The molecular formula is C25H34N4O4. The minimum Gasteiger partial charge on any atom is -0.491 e. The average molecular weight is 455 g/mol. The number of benzene rings is 2. The number of hydrogen-bond acceptors (Lipinski definition) is 6. The van der Waals surface area contributed by atoms with E-state index in [0.717, 1.165) is 74.7 Å². The van der Waals surface area contributed by atoms with Crippen LogP contribution >= 0.6 is 0 Å². The topological polar surface area (TPSA) is 80.9 Å². The molecule has 33 heavy (non-hydrogen) atoms. The number of aromatic nitrogens is 2. The second-order valence-electron chi connectivity index (χ2n) is 8.60. The Morgan fingerprint density at radius 1 is 1.06 bits per heavy atom. The highest BCUT2D eigenvalue weighted by atomic mass is 16.5. The van der Waals surface area contributed by atoms with Crippen LogP contribution in [0, 0.1) is 0 Å². The molecule has 4 rings (SSSR count). The third-order valence-corrected chi connectivity index (χ3v) is 6.27. The number of aliphatic hydroxyl groups is 1. The summed E-state index contributed by atoms with van der Waals surface area (Å²) in [5.74, 6) is 0.721. The van der Waals surface area contributed by atoms with Gasteiger partial charge in [-0.1, -0.05) is 18.2 Å². The molecule has 0 aliphatic carbocycles. The highest BCUT2D eigenvalue weighted by Crippen LogP contribution is 2.21. The second-order valence-corrected chi connectivity index (χ2v) is 8.60. The monoisotopic (exact) mass is 454 g/mol. The van der Waals surface area contributed by atoms with Gasteiger partial charge in [0, 0.05) is 33.7 Å². The molecule has 0 bridgehead atoms. The van der Waals surface area contributed by atoms with Gasteiger partial charge >= 0.3 is 5.69 Å². The molecule has 1 atom stereocenters. The number of aryl methyl sites for hydroxylation is 2. The second kappa shape index (κ2) is 11.0. The summed E-state index contributed by atoms with van der Waals surface area (Å²) in [6.45, 7) is 6.84. The Bertz CT molecular complexity index is 1100. The largest absolute Gasteiger partial charge is 0.491 e. The van der Waals surface area contributed by atoms with Crippen LogP contribution in [0.5, 0.6) is 5.75 Å². The summed E-state index contributed by atoms with van der Waals surface area (Å²) in [6, 6.07) is 13.5. The van der Waals surface area contributed by atoms with Gasteiger partial charge in [0.25, 0.3) is 0 Å². The van der Waals surface area contributed by atoms with Gasteiger partial charge in [-0.05, 0) is 54.9 Å². The molecule has 8 heteroatoms. The van der Waals surface area contributed by atoms with Crippen molar-refractivity contribution in [2.45, 2.75) is 19.1 Å². The summed E-state index contributed by atoms with van der Waals surface area (Å²) in [4.78, 5) is 14.5. The van der Waals surface area contributed by atoms with Crippen LogP contribution in [0.15, 0.2) is 47.3 Å². The van der Waals surface area contributed by atoms with Gasteiger partial charge < -0.3 is 19.9 Å². The van der Waals surface area contributed by atoms with E-state index in [2.05, 4.69) is 10.2 Å². The normalized spacial score (nSPS) is 15.7. The Hall–Kier alpha value is -2.65. The zero-order chi connectivity index (χ0) is 23.2. The molecule has 0 spiro atoms. The molecule has 2 aromatic carbocycles. The van der Waals surface area contributed by atoms with Crippen LogP contribution in [0.1, 0.15) is 23.7 Å². The molecule has 0 saturated carbocycles. The molecular weight excluding hydrogens is 420 g/mol. The van der Waals surface area contributed by atoms with Gasteiger partial charge in [-0.15, -0.1) is 0 Å². The van der Waals surface area contributed by atoms with E-state index in [9.17, 15) is 9.90 Å². The first-order chi connectivity index (χ1) is 16.0. The molecule has 0 amide bonds. The maximum Gasteiger partial charge on any atom is 0.328 e. The lowest BCUT2D eigenvalue weighted by molar-refractivity contribution is 0.0374. The molecule has 1 aliphatic heterocycles. The van der Waals surface area contributed by atoms with Crippen molar-refractivity contribution in [3.05, 3.63) is 64.1 Å². The minimum atomic E-state index is -0.780. The molecule has 3 aromatic rings. The van der Waals surface area contributed by atoms with Gasteiger partial charge in [0.05, 0.1) is 24.2 Å². The molecule has 1 fully saturated rings. The fraction of sp³-hybridized carbons (Fsp3) is 0.480. The molecule has 8 nitrogen and oxygen atoms in total. The van der Waals surface area contributed by atoms with Gasteiger partial charge in [-0.25, -0.2) is 4.79 Å². The Morgan fingerprint density at radius 3 is 2.55 bits per heavy atom. The Morgan fingerprint density at radius 2 is 1.79 bits per heavy atom. The predicted octanol–water partition coefficient (Wildman–Crippen LogP) is 1.80. The van der Waals surface area contributed by atoms with Crippen molar-refractivity contribution >= 4 is 11.0 Å². The smallest absolute Gasteiger partial charge is 0.328 e. The summed E-state index contributed by atoms with van der Waals surface area (Å²) >= 11 is 0. The third kappa shape index (κ3) is 5.83. The molecule has 2 N–H and O–H groups in total. The van der Waals surface area contributed by atoms with Gasteiger partial charge in [0.1, 0.15) is 18.5 Å². The maximum atomic E-state index is 12.1. The lowest BCUT2D eigenvalue weighted by atomic mass is 10.1. The van der Waals surface area contributed by atoms with Gasteiger partial charge in [0.2, 0.25) is 0 Å².